The van der Waals surface area contributed by atoms with Crippen molar-refractivity contribution in [3.05, 3.63) is 29.6 Å². The molecular formula is C14H21FN2OS. The number of rotatable bonds is 6. The summed E-state index contributed by atoms with van der Waals surface area (Å²) in [5.41, 5.74) is 1.80. The van der Waals surface area contributed by atoms with E-state index in [1.165, 1.54) is 6.07 Å². The van der Waals surface area contributed by atoms with Gasteiger partial charge in [0.2, 0.25) is 0 Å². The van der Waals surface area contributed by atoms with Gasteiger partial charge in [0.25, 0.3) is 0 Å². The van der Waals surface area contributed by atoms with Gasteiger partial charge in [-0.1, -0.05) is 6.07 Å². The van der Waals surface area contributed by atoms with E-state index in [0.717, 1.165) is 42.4 Å². The molecule has 1 aliphatic heterocycles. The summed E-state index contributed by atoms with van der Waals surface area (Å²) in [7, 11) is 1.67. The van der Waals surface area contributed by atoms with Crippen LogP contribution in [0.1, 0.15) is 5.56 Å². The molecule has 0 unspecified atom stereocenters. The van der Waals surface area contributed by atoms with Crippen LogP contribution in [0.2, 0.25) is 0 Å². The average molecular weight is 284 g/mol. The summed E-state index contributed by atoms with van der Waals surface area (Å²) in [6.07, 6.45) is 0. The normalized spacial score (nSPS) is 15.8. The molecule has 1 aromatic carbocycles. The van der Waals surface area contributed by atoms with Crippen molar-refractivity contribution in [3.8, 4) is 0 Å². The van der Waals surface area contributed by atoms with E-state index >= 15 is 0 Å². The van der Waals surface area contributed by atoms with Crippen LogP contribution in [0.3, 0.4) is 0 Å². The molecule has 19 heavy (non-hydrogen) atoms. The predicted octanol–water partition coefficient (Wildman–Crippen LogP) is 2.11. The summed E-state index contributed by atoms with van der Waals surface area (Å²) in [5, 5.41) is 3.23. The number of hydrogen-bond donors (Lipinski definition) is 1. The summed E-state index contributed by atoms with van der Waals surface area (Å²) >= 11 is 1.96. The molecule has 2 rings (SSSR count). The maximum atomic E-state index is 14.0. The zero-order chi connectivity index (χ0) is 13.5. The van der Waals surface area contributed by atoms with Gasteiger partial charge in [0.15, 0.2) is 0 Å². The number of hydrogen-bond acceptors (Lipinski definition) is 4. The fourth-order valence-corrected chi connectivity index (χ4v) is 3.11. The van der Waals surface area contributed by atoms with E-state index in [1.54, 1.807) is 13.2 Å². The summed E-state index contributed by atoms with van der Waals surface area (Å²) in [6.45, 7) is 3.93. The van der Waals surface area contributed by atoms with Crippen LogP contribution in [0.15, 0.2) is 18.2 Å². The molecule has 5 heteroatoms. The minimum atomic E-state index is -0.124. The first-order chi connectivity index (χ1) is 9.33. The van der Waals surface area contributed by atoms with Crippen LogP contribution >= 0.6 is 11.8 Å². The smallest absolute Gasteiger partial charge is 0.129 e. The molecule has 0 amide bonds. The number of benzene rings is 1. The molecular weight excluding hydrogens is 263 g/mol. The van der Waals surface area contributed by atoms with Crippen molar-refractivity contribution in [2.24, 2.45) is 0 Å². The molecule has 0 bridgehead atoms. The molecule has 106 valence electrons. The number of nitrogens with zero attached hydrogens (tertiary/aromatic N) is 1. The third-order valence-corrected chi connectivity index (χ3v) is 4.17. The molecule has 0 radical (unpaired) electrons. The Morgan fingerprint density at radius 3 is 2.89 bits per heavy atom. The van der Waals surface area contributed by atoms with Gasteiger partial charge < -0.3 is 15.0 Å². The molecule has 0 aromatic heterocycles. The third-order valence-electron chi connectivity index (χ3n) is 3.23. The molecule has 3 nitrogen and oxygen atoms in total. The Labute approximate surface area is 118 Å². The highest BCUT2D eigenvalue weighted by molar-refractivity contribution is 7.99. The van der Waals surface area contributed by atoms with Gasteiger partial charge in [-0.15, -0.1) is 0 Å². The van der Waals surface area contributed by atoms with Gasteiger partial charge in [0.05, 0.1) is 6.61 Å². The molecule has 0 atom stereocenters. The van der Waals surface area contributed by atoms with Gasteiger partial charge in [-0.05, 0) is 12.1 Å². The molecule has 0 aliphatic carbocycles. The van der Waals surface area contributed by atoms with Crippen molar-refractivity contribution in [2.45, 2.75) is 6.54 Å². The van der Waals surface area contributed by atoms with Crippen LogP contribution in [0, 0.1) is 5.82 Å². The van der Waals surface area contributed by atoms with Gasteiger partial charge in [-0.2, -0.15) is 11.8 Å². The van der Waals surface area contributed by atoms with Crippen LogP contribution < -0.4 is 10.2 Å². The zero-order valence-corrected chi connectivity index (χ0v) is 12.1. The topological polar surface area (TPSA) is 24.5 Å². The maximum absolute atomic E-state index is 14.0. The molecule has 1 heterocycles. The van der Waals surface area contributed by atoms with E-state index in [-0.39, 0.29) is 5.82 Å². The third kappa shape index (κ3) is 4.09. The predicted molar refractivity (Wildman–Crippen MR) is 79.5 cm³/mol. The Balaban J connectivity index is 2.06. The van der Waals surface area contributed by atoms with Crippen LogP contribution in [0.5, 0.6) is 0 Å². The minimum Gasteiger partial charge on any atom is -0.383 e. The van der Waals surface area contributed by atoms with E-state index < -0.39 is 0 Å². The van der Waals surface area contributed by atoms with Crippen molar-refractivity contribution in [1.29, 1.82) is 0 Å². The summed E-state index contributed by atoms with van der Waals surface area (Å²) in [4.78, 5) is 2.28. The lowest BCUT2D eigenvalue weighted by atomic mass is 10.1. The monoisotopic (exact) mass is 284 g/mol. The van der Waals surface area contributed by atoms with Crippen LogP contribution in [0.4, 0.5) is 10.1 Å². The van der Waals surface area contributed by atoms with Crippen LogP contribution in [0.25, 0.3) is 0 Å². The van der Waals surface area contributed by atoms with E-state index in [1.807, 2.05) is 17.8 Å². The Bertz CT molecular complexity index is 397. The summed E-state index contributed by atoms with van der Waals surface area (Å²) < 4.78 is 19.0. The lowest BCUT2D eigenvalue weighted by Crippen LogP contribution is -2.34. The van der Waals surface area contributed by atoms with Gasteiger partial charge in [-0.3, -0.25) is 0 Å². The number of halogens is 1. The molecule has 1 fully saturated rings. The Morgan fingerprint density at radius 2 is 2.16 bits per heavy atom. The molecule has 0 spiro atoms. The van der Waals surface area contributed by atoms with Gasteiger partial charge >= 0.3 is 0 Å². The fourth-order valence-electron chi connectivity index (χ4n) is 2.21. The Morgan fingerprint density at radius 1 is 1.37 bits per heavy atom. The molecule has 0 saturated carbocycles. The first-order valence-electron chi connectivity index (χ1n) is 6.62. The zero-order valence-electron chi connectivity index (χ0n) is 11.3. The number of anilines is 1. The SMILES string of the molecule is COCCNCc1c(F)cccc1N1CCSCC1. The average Bonchev–Trinajstić information content (AvgIpc) is 2.46. The van der Waals surface area contributed by atoms with Crippen molar-refractivity contribution < 1.29 is 9.13 Å². The summed E-state index contributed by atoms with van der Waals surface area (Å²) in [5.74, 6) is 2.11. The van der Waals surface area contributed by atoms with Crippen molar-refractivity contribution >= 4 is 17.4 Å². The van der Waals surface area contributed by atoms with Gasteiger partial charge in [0, 0.05) is 56.0 Å². The standard InChI is InChI=1S/C14H21FN2OS/c1-18-8-5-16-11-12-13(15)3-2-4-14(12)17-6-9-19-10-7-17/h2-4,16H,5-11H2,1H3. The van der Waals surface area contributed by atoms with E-state index in [4.69, 9.17) is 4.74 Å². The first-order valence-corrected chi connectivity index (χ1v) is 7.78. The van der Waals surface area contributed by atoms with Crippen molar-refractivity contribution in [1.82, 2.24) is 5.32 Å². The summed E-state index contributed by atoms with van der Waals surface area (Å²) in [6, 6.07) is 5.35. The number of nitrogens with one attached hydrogen (secondary N) is 1. The molecule has 1 saturated heterocycles. The Kier molecular flexibility index (Phi) is 5.94. The highest BCUT2D eigenvalue weighted by atomic mass is 32.2. The number of ether oxygens (including phenoxy) is 1. The lowest BCUT2D eigenvalue weighted by molar-refractivity contribution is 0.199. The largest absolute Gasteiger partial charge is 0.383 e. The second kappa shape index (κ2) is 7.72. The van der Waals surface area contributed by atoms with E-state index in [9.17, 15) is 4.39 Å². The quantitative estimate of drug-likeness (QED) is 0.809. The van der Waals surface area contributed by atoms with Crippen LogP contribution in [-0.2, 0) is 11.3 Å². The van der Waals surface area contributed by atoms with Gasteiger partial charge in [0.1, 0.15) is 5.82 Å². The molecule has 1 N–H and O–H groups in total. The molecule has 1 aromatic rings. The Hall–Kier alpha value is -0.780. The van der Waals surface area contributed by atoms with Crippen molar-refractivity contribution in [3.63, 3.8) is 0 Å². The second-order valence-corrected chi connectivity index (χ2v) is 5.73. The second-order valence-electron chi connectivity index (χ2n) is 4.51. The highest BCUT2D eigenvalue weighted by Crippen LogP contribution is 2.25. The van der Waals surface area contributed by atoms with Gasteiger partial charge in [-0.25, -0.2) is 4.39 Å². The number of thioether (sulfide) groups is 1. The maximum Gasteiger partial charge on any atom is 0.129 e. The fraction of sp³-hybridized carbons (Fsp3) is 0.571. The van der Waals surface area contributed by atoms with E-state index in [2.05, 4.69) is 10.2 Å². The van der Waals surface area contributed by atoms with Crippen molar-refractivity contribution in [2.75, 3.05) is 49.8 Å². The number of methoxy groups -OCH3 is 1. The highest BCUT2D eigenvalue weighted by Gasteiger charge is 2.16. The molecule has 1 aliphatic rings. The lowest BCUT2D eigenvalue weighted by Gasteiger charge is -2.30. The minimum absolute atomic E-state index is 0.124. The van der Waals surface area contributed by atoms with Crippen LogP contribution in [-0.4, -0.2) is 44.9 Å². The van der Waals surface area contributed by atoms with E-state index in [0.29, 0.717) is 13.2 Å². The first kappa shape index (κ1) is 14.6.